The first-order chi connectivity index (χ1) is 8.81. The van der Waals surface area contributed by atoms with Gasteiger partial charge >= 0.3 is 6.09 Å². The average Bonchev–Trinajstić information content (AvgIpc) is 2.27. The molecular weight excluding hydrogens is 242 g/mol. The van der Waals surface area contributed by atoms with Crippen molar-refractivity contribution in [1.29, 1.82) is 0 Å². The predicted octanol–water partition coefficient (Wildman–Crippen LogP) is 4.13. The molecule has 0 spiro atoms. The lowest BCUT2D eigenvalue weighted by Gasteiger charge is -2.20. The van der Waals surface area contributed by atoms with E-state index >= 15 is 0 Å². The van der Waals surface area contributed by atoms with E-state index < -0.39 is 11.7 Å². The fraction of sp³-hybridized carbons (Fsp3) is 0.533. The summed E-state index contributed by atoms with van der Waals surface area (Å²) in [6.45, 7) is 10.1. The van der Waals surface area contributed by atoms with Crippen molar-refractivity contribution in [2.45, 2.75) is 46.6 Å². The minimum Gasteiger partial charge on any atom is -0.491 e. The number of rotatable bonds is 4. The van der Waals surface area contributed by atoms with Crippen molar-refractivity contribution in [2.75, 3.05) is 11.9 Å². The minimum atomic E-state index is -0.515. The molecule has 4 nitrogen and oxygen atoms in total. The lowest BCUT2D eigenvalue weighted by Crippen LogP contribution is -2.27. The first-order valence-electron chi connectivity index (χ1n) is 6.55. The Hall–Kier alpha value is -1.71. The second-order valence-corrected chi connectivity index (χ2v) is 5.47. The molecule has 0 heterocycles. The number of nitrogens with one attached hydrogen (secondary N) is 1. The van der Waals surface area contributed by atoms with E-state index in [4.69, 9.17) is 9.47 Å². The van der Waals surface area contributed by atoms with Crippen LogP contribution in [0.5, 0.6) is 5.75 Å². The molecule has 0 bridgehead atoms. The van der Waals surface area contributed by atoms with Gasteiger partial charge in [-0.05, 0) is 51.8 Å². The van der Waals surface area contributed by atoms with Gasteiger partial charge in [-0.25, -0.2) is 4.79 Å². The van der Waals surface area contributed by atoms with Crippen molar-refractivity contribution < 1.29 is 14.3 Å². The van der Waals surface area contributed by atoms with Crippen LogP contribution in [0.2, 0.25) is 0 Å². The van der Waals surface area contributed by atoms with Gasteiger partial charge in [0.15, 0.2) is 0 Å². The zero-order chi connectivity index (χ0) is 14.5. The van der Waals surface area contributed by atoms with E-state index in [1.165, 1.54) is 0 Å². The van der Waals surface area contributed by atoms with Gasteiger partial charge < -0.3 is 9.47 Å². The largest absolute Gasteiger partial charge is 0.491 e. The molecule has 4 heteroatoms. The molecule has 1 aromatic rings. The molecule has 0 aliphatic rings. The second kappa shape index (κ2) is 6.45. The van der Waals surface area contributed by atoms with Crippen LogP contribution in [0.3, 0.4) is 0 Å². The fourth-order valence-corrected chi connectivity index (χ4v) is 1.48. The third-order valence-corrected chi connectivity index (χ3v) is 2.23. The van der Waals surface area contributed by atoms with Gasteiger partial charge in [0.2, 0.25) is 0 Å². The number of aryl methyl sites for hydroxylation is 1. The van der Waals surface area contributed by atoms with Gasteiger partial charge in [-0.1, -0.05) is 13.0 Å². The molecule has 106 valence electrons. The van der Waals surface area contributed by atoms with Gasteiger partial charge in [0.25, 0.3) is 0 Å². The highest BCUT2D eigenvalue weighted by Crippen LogP contribution is 2.26. The summed E-state index contributed by atoms with van der Waals surface area (Å²) in [6.07, 6.45) is 0.442. The molecular formula is C15H23NO3. The molecule has 0 aliphatic carbocycles. The Morgan fingerprint density at radius 3 is 2.58 bits per heavy atom. The second-order valence-electron chi connectivity index (χ2n) is 5.47. The summed E-state index contributed by atoms with van der Waals surface area (Å²) in [4.78, 5) is 11.8. The third-order valence-electron chi connectivity index (χ3n) is 2.23. The molecule has 1 N–H and O–H groups in total. The van der Waals surface area contributed by atoms with E-state index in [0.717, 1.165) is 12.0 Å². The SMILES string of the molecule is CCCOc1cc(C)ccc1NC(=O)OC(C)(C)C. The number of anilines is 1. The van der Waals surface area contributed by atoms with Crippen molar-refractivity contribution in [3.63, 3.8) is 0 Å². The summed E-state index contributed by atoms with van der Waals surface area (Å²) in [7, 11) is 0. The van der Waals surface area contributed by atoms with Gasteiger partial charge in [-0.2, -0.15) is 0 Å². The van der Waals surface area contributed by atoms with Gasteiger partial charge in [0.1, 0.15) is 11.4 Å². The number of amides is 1. The van der Waals surface area contributed by atoms with Crippen molar-refractivity contribution in [3.05, 3.63) is 23.8 Å². The van der Waals surface area contributed by atoms with Gasteiger partial charge in [-0.15, -0.1) is 0 Å². The Balaban J connectivity index is 2.79. The fourth-order valence-electron chi connectivity index (χ4n) is 1.48. The Bertz CT molecular complexity index is 436. The highest BCUT2D eigenvalue weighted by molar-refractivity contribution is 5.87. The van der Waals surface area contributed by atoms with Crippen LogP contribution in [-0.2, 0) is 4.74 Å². The van der Waals surface area contributed by atoms with E-state index in [-0.39, 0.29) is 0 Å². The van der Waals surface area contributed by atoms with E-state index in [0.29, 0.717) is 18.0 Å². The Labute approximate surface area is 115 Å². The summed E-state index contributed by atoms with van der Waals surface area (Å²) in [5.41, 5.74) is 1.20. The van der Waals surface area contributed by atoms with Crippen molar-refractivity contribution in [2.24, 2.45) is 0 Å². The molecule has 1 rings (SSSR count). The molecule has 1 aromatic carbocycles. The topological polar surface area (TPSA) is 47.6 Å². The molecule has 0 radical (unpaired) electrons. The summed E-state index contributed by atoms with van der Waals surface area (Å²) in [5.74, 6) is 0.674. The van der Waals surface area contributed by atoms with Crippen LogP contribution in [0.4, 0.5) is 10.5 Å². The number of carbonyl (C=O) groups is 1. The van der Waals surface area contributed by atoms with Crippen LogP contribution in [0, 0.1) is 6.92 Å². The summed E-state index contributed by atoms with van der Waals surface area (Å²) >= 11 is 0. The van der Waals surface area contributed by atoms with E-state index in [1.807, 2.05) is 52.8 Å². The average molecular weight is 265 g/mol. The minimum absolute atomic E-state index is 0.474. The molecule has 0 atom stereocenters. The van der Waals surface area contributed by atoms with Crippen LogP contribution < -0.4 is 10.1 Å². The number of hydrogen-bond donors (Lipinski definition) is 1. The highest BCUT2D eigenvalue weighted by Gasteiger charge is 2.17. The Morgan fingerprint density at radius 1 is 1.32 bits per heavy atom. The quantitative estimate of drug-likeness (QED) is 0.890. The van der Waals surface area contributed by atoms with Crippen molar-refractivity contribution >= 4 is 11.8 Å². The summed E-state index contributed by atoms with van der Waals surface area (Å²) in [6, 6.07) is 5.65. The normalized spacial score (nSPS) is 11.0. The van der Waals surface area contributed by atoms with Crippen LogP contribution in [-0.4, -0.2) is 18.3 Å². The summed E-state index contributed by atoms with van der Waals surface area (Å²) < 4.78 is 10.9. The zero-order valence-electron chi connectivity index (χ0n) is 12.4. The number of benzene rings is 1. The maximum atomic E-state index is 11.8. The third kappa shape index (κ3) is 5.64. The van der Waals surface area contributed by atoms with Crippen molar-refractivity contribution in [3.8, 4) is 5.75 Å². The number of hydrogen-bond acceptors (Lipinski definition) is 3. The molecule has 0 saturated carbocycles. The number of carbonyl (C=O) groups excluding carboxylic acids is 1. The highest BCUT2D eigenvalue weighted by atomic mass is 16.6. The molecule has 19 heavy (non-hydrogen) atoms. The standard InChI is InChI=1S/C15H23NO3/c1-6-9-18-13-10-11(2)7-8-12(13)16-14(17)19-15(3,4)5/h7-8,10H,6,9H2,1-5H3,(H,16,17). The molecule has 0 fully saturated rings. The predicted molar refractivity (Wildman–Crippen MR) is 76.8 cm³/mol. The maximum absolute atomic E-state index is 11.8. The van der Waals surface area contributed by atoms with Crippen LogP contribution >= 0.6 is 0 Å². The van der Waals surface area contributed by atoms with Crippen molar-refractivity contribution in [1.82, 2.24) is 0 Å². The molecule has 0 aromatic heterocycles. The van der Waals surface area contributed by atoms with E-state index in [9.17, 15) is 4.79 Å². The van der Waals surface area contributed by atoms with Gasteiger partial charge in [-0.3, -0.25) is 5.32 Å². The monoisotopic (exact) mass is 265 g/mol. The van der Waals surface area contributed by atoms with Crippen LogP contribution in [0.15, 0.2) is 18.2 Å². The smallest absolute Gasteiger partial charge is 0.412 e. The first kappa shape index (κ1) is 15.3. The Kier molecular flexibility index (Phi) is 5.21. The van der Waals surface area contributed by atoms with Crippen LogP contribution in [0.25, 0.3) is 0 Å². The zero-order valence-corrected chi connectivity index (χ0v) is 12.4. The number of ether oxygens (including phenoxy) is 2. The molecule has 0 unspecified atom stereocenters. The van der Waals surface area contributed by atoms with Crippen LogP contribution in [0.1, 0.15) is 39.7 Å². The summed E-state index contributed by atoms with van der Waals surface area (Å²) in [5, 5.41) is 2.72. The van der Waals surface area contributed by atoms with E-state index in [2.05, 4.69) is 5.32 Å². The van der Waals surface area contributed by atoms with Gasteiger partial charge in [0.05, 0.1) is 12.3 Å². The Morgan fingerprint density at radius 2 is 2.00 bits per heavy atom. The lowest BCUT2D eigenvalue weighted by molar-refractivity contribution is 0.0635. The van der Waals surface area contributed by atoms with E-state index in [1.54, 1.807) is 0 Å². The maximum Gasteiger partial charge on any atom is 0.412 e. The lowest BCUT2D eigenvalue weighted by atomic mass is 10.2. The molecule has 1 amide bonds. The van der Waals surface area contributed by atoms with Gasteiger partial charge in [0, 0.05) is 0 Å². The first-order valence-corrected chi connectivity index (χ1v) is 6.55. The molecule has 0 aliphatic heterocycles. The molecule has 0 saturated heterocycles.